The first-order valence-corrected chi connectivity index (χ1v) is 6.92. The number of rotatable bonds is 2. The van der Waals surface area contributed by atoms with Crippen LogP contribution in [0.15, 0.2) is 54.9 Å². The Labute approximate surface area is 125 Å². The topological polar surface area (TPSA) is 53.6 Å². The molecule has 0 radical (unpaired) electrons. The van der Waals surface area contributed by atoms with E-state index in [2.05, 4.69) is 20.5 Å². The number of fused-ring (bicyclic) bond motifs is 2. The average molecular weight is 295 g/mol. The summed E-state index contributed by atoms with van der Waals surface area (Å²) in [4.78, 5) is 4.35. The molecule has 2 N–H and O–H groups in total. The molecule has 0 spiro atoms. The summed E-state index contributed by atoms with van der Waals surface area (Å²) in [5.74, 6) is 0. The van der Waals surface area contributed by atoms with Crippen LogP contribution in [0.3, 0.4) is 0 Å². The first-order chi connectivity index (χ1) is 10.3. The van der Waals surface area contributed by atoms with E-state index in [0.29, 0.717) is 5.02 Å². The number of hydrogen-bond acceptors (Lipinski definition) is 3. The molecule has 0 aliphatic rings. The third-order valence-electron chi connectivity index (χ3n) is 3.42. The van der Waals surface area contributed by atoms with Crippen molar-refractivity contribution in [3.63, 3.8) is 0 Å². The van der Waals surface area contributed by atoms with E-state index in [4.69, 9.17) is 11.6 Å². The van der Waals surface area contributed by atoms with Crippen molar-refractivity contribution in [1.82, 2.24) is 15.2 Å². The molecule has 0 unspecified atom stereocenters. The molecule has 0 saturated carbocycles. The second-order valence-corrected chi connectivity index (χ2v) is 5.25. The van der Waals surface area contributed by atoms with E-state index >= 15 is 0 Å². The van der Waals surface area contributed by atoms with Crippen molar-refractivity contribution in [3.05, 3.63) is 59.9 Å². The third-order valence-corrected chi connectivity index (χ3v) is 3.66. The fourth-order valence-electron chi connectivity index (χ4n) is 2.40. The average Bonchev–Trinajstić information content (AvgIpc) is 2.95. The van der Waals surface area contributed by atoms with Crippen molar-refractivity contribution in [2.24, 2.45) is 0 Å². The van der Waals surface area contributed by atoms with Crippen molar-refractivity contribution in [3.8, 4) is 0 Å². The maximum Gasteiger partial charge on any atom is 0.0723 e. The summed E-state index contributed by atoms with van der Waals surface area (Å²) >= 11 is 6.09. The molecule has 5 heteroatoms. The van der Waals surface area contributed by atoms with Gasteiger partial charge in [0.15, 0.2) is 0 Å². The van der Waals surface area contributed by atoms with Crippen LogP contribution in [0.25, 0.3) is 21.8 Å². The van der Waals surface area contributed by atoms with Crippen LogP contribution in [0.1, 0.15) is 0 Å². The molecule has 21 heavy (non-hydrogen) atoms. The highest BCUT2D eigenvalue weighted by molar-refractivity contribution is 6.31. The molecule has 0 amide bonds. The molecule has 0 saturated heterocycles. The predicted octanol–water partition coefficient (Wildman–Crippen LogP) is 4.51. The number of nitrogens with one attached hydrogen (secondary N) is 2. The minimum atomic E-state index is 0.697. The van der Waals surface area contributed by atoms with Crippen LogP contribution in [0.4, 0.5) is 11.4 Å². The quantitative estimate of drug-likeness (QED) is 0.572. The normalized spacial score (nSPS) is 11.1. The van der Waals surface area contributed by atoms with Crippen LogP contribution in [-0.2, 0) is 0 Å². The predicted molar refractivity (Wildman–Crippen MR) is 86.1 cm³/mol. The molecule has 0 aliphatic carbocycles. The number of benzene rings is 2. The van der Waals surface area contributed by atoms with Gasteiger partial charge in [0.05, 0.1) is 17.2 Å². The highest BCUT2D eigenvalue weighted by Gasteiger charge is 2.04. The molecular formula is C16H11ClN4. The number of nitrogens with zero attached hydrogens (tertiary/aromatic N) is 2. The SMILES string of the molecule is Clc1ccc2nccc(Nc3ccc4cn[nH]c4c3)c2c1. The molecule has 0 aliphatic heterocycles. The van der Waals surface area contributed by atoms with Gasteiger partial charge in [0.2, 0.25) is 0 Å². The van der Waals surface area contributed by atoms with E-state index in [0.717, 1.165) is 33.2 Å². The summed E-state index contributed by atoms with van der Waals surface area (Å²) in [7, 11) is 0. The lowest BCUT2D eigenvalue weighted by Gasteiger charge is -2.09. The number of halogens is 1. The Kier molecular flexibility index (Phi) is 2.75. The minimum Gasteiger partial charge on any atom is -0.355 e. The molecule has 4 aromatic rings. The number of hydrogen-bond donors (Lipinski definition) is 2. The summed E-state index contributed by atoms with van der Waals surface area (Å²) in [6.45, 7) is 0. The Morgan fingerprint density at radius 3 is 2.95 bits per heavy atom. The fraction of sp³-hybridized carbons (Fsp3) is 0. The van der Waals surface area contributed by atoms with Crippen molar-refractivity contribution >= 4 is 44.8 Å². The summed E-state index contributed by atoms with van der Waals surface area (Å²) < 4.78 is 0. The lowest BCUT2D eigenvalue weighted by molar-refractivity contribution is 1.12. The van der Waals surface area contributed by atoms with Gasteiger partial charge in [0, 0.05) is 33.4 Å². The van der Waals surface area contributed by atoms with Crippen LogP contribution in [0, 0.1) is 0 Å². The van der Waals surface area contributed by atoms with E-state index in [1.165, 1.54) is 0 Å². The van der Waals surface area contributed by atoms with Gasteiger partial charge < -0.3 is 5.32 Å². The Bertz CT molecular complexity index is 945. The van der Waals surface area contributed by atoms with Crippen LogP contribution >= 0.6 is 11.6 Å². The maximum atomic E-state index is 6.09. The molecule has 2 heterocycles. The van der Waals surface area contributed by atoms with Crippen molar-refractivity contribution < 1.29 is 0 Å². The lowest BCUT2D eigenvalue weighted by atomic mass is 10.1. The zero-order chi connectivity index (χ0) is 14.2. The van der Waals surface area contributed by atoms with Crippen molar-refractivity contribution in [2.45, 2.75) is 0 Å². The molecule has 2 aromatic heterocycles. The second-order valence-electron chi connectivity index (χ2n) is 4.82. The Balaban J connectivity index is 1.81. The molecule has 4 rings (SSSR count). The number of aromatic nitrogens is 3. The van der Waals surface area contributed by atoms with E-state index in [1.807, 2.05) is 42.5 Å². The van der Waals surface area contributed by atoms with Gasteiger partial charge in [-0.3, -0.25) is 10.1 Å². The first kappa shape index (κ1) is 12.2. The molecule has 0 fully saturated rings. The van der Waals surface area contributed by atoms with E-state index in [-0.39, 0.29) is 0 Å². The molecule has 0 atom stereocenters. The molecule has 2 aromatic carbocycles. The standard InChI is InChI=1S/C16H11ClN4/c17-11-2-4-14-13(7-11)15(5-6-18-14)20-12-3-1-10-9-19-21-16(10)8-12/h1-9H,(H,18,20)(H,19,21). The van der Waals surface area contributed by atoms with Gasteiger partial charge >= 0.3 is 0 Å². The number of pyridine rings is 1. The number of aromatic amines is 1. The third kappa shape index (κ3) is 2.19. The minimum absolute atomic E-state index is 0.697. The summed E-state index contributed by atoms with van der Waals surface area (Å²) in [6, 6.07) is 13.7. The first-order valence-electron chi connectivity index (χ1n) is 6.54. The zero-order valence-corrected chi connectivity index (χ0v) is 11.7. The monoisotopic (exact) mass is 294 g/mol. The largest absolute Gasteiger partial charge is 0.355 e. The Morgan fingerprint density at radius 2 is 2.00 bits per heavy atom. The van der Waals surface area contributed by atoms with Crippen LogP contribution in [-0.4, -0.2) is 15.2 Å². The molecular weight excluding hydrogens is 284 g/mol. The molecule has 0 bridgehead atoms. The van der Waals surface area contributed by atoms with Gasteiger partial charge in [0.1, 0.15) is 0 Å². The number of anilines is 2. The highest BCUT2D eigenvalue weighted by Crippen LogP contribution is 2.28. The zero-order valence-electron chi connectivity index (χ0n) is 11.0. The summed E-state index contributed by atoms with van der Waals surface area (Å²) in [6.07, 6.45) is 3.59. The van der Waals surface area contributed by atoms with Crippen LogP contribution in [0.2, 0.25) is 5.02 Å². The van der Waals surface area contributed by atoms with Gasteiger partial charge in [-0.05, 0) is 42.5 Å². The maximum absolute atomic E-state index is 6.09. The smallest absolute Gasteiger partial charge is 0.0723 e. The van der Waals surface area contributed by atoms with Gasteiger partial charge in [-0.2, -0.15) is 5.10 Å². The van der Waals surface area contributed by atoms with Gasteiger partial charge in [-0.1, -0.05) is 11.6 Å². The summed E-state index contributed by atoms with van der Waals surface area (Å²) in [5, 5.41) is 13.2. The van der Waals surface area contributed by atoms with E-state index in [9.17, 15) is 0 Å². The van der Waals surface area contributed by atoms with Gasteiger partial charge in [0.25, 0.3) is 0 Å². The van der Waals surface area contributed by atoms with E-state index < -0.39 is 0 Å². The Hall–Kier alpha value is -2.59. The fourth-order valence-corrected chi connectivity index (χ4v) is 2.57. The lowest BCUT2D eigenvalue weighted by Crippen LogP contribution is -1.92. The number of H-pyrrole nitrogens is 1. The van der Waals surface area contributed by atoms with Crippen LogP contribution in [0.5, 0.6) is 0 Å². The van der Waals surface area contributed by atoms with Gasteiger partial charge in [-0.15, -0.1) is 0 Å². The Morgan fingerprint density at radius 1 is 1.05 bits per heavy atom. The van der Waals surface area contributed by atoms with E-state index in [1.54, 1.807) is 12.4 Å². The van der Waals surface area contributed by atoms with Crippen molar-refractivity contribution in [2.75, 3.05) is 5.32 Å². The van der Waals surface area contributed by atoms with Crippen LogP contribution < -0.4 is 5.32 Å². The van der Waals surface area contributed by atoms with Crippen molar-refractivity contribution in [1.29, 1.82) is 0 Å². The highest BCUT2D eigenvalue weighted by atomic mass is 35.5. The second kappa shape index (κ2) is 4.75. The molecule has 102 valence electrons. The molecule has 4 nitrogen and oxygen atoms in total. The van der Waals surface area contributed by atoms with Gasteiger partial charge in [-0.25, -0.2) is 0 Å². The summed E-state index contributed by atoms with van der Waals surface area (Å²) in [5.41, 5.74) is 3.86.